The second-order valence-corrected chi connectivity index (χ2v) is 11.7. The van der Waals surface area contributed by atoms with Crippen molar-refractivity contribution >= 4 is 17.5 Å². The van der Waals surface area contributed by atoms with Crippen molar-refractivity contribution in [1.29, 1.82) is 0 Å². The Morgan fingerprint density at radius 3 is 2.42 bits per heavy atom. The largest absolute Gasteiger partial charge is 0.268 e. The van der Waals surface area contributed by atoms with E-state index in [-0.39, 0.29) is 11.0 Å². The third-order valence-corrected chi connectivity index (χ3v) is 9.40. The lowest BCUT2D eigenvalue weighted by Gasteiger charge is -2.42. The van der Waals surface area contributed by atoms with E-state index in [0.29, 0.717) is 5.78 Å². The highest BCUT2D eigenvalue weighted by atomic mass is 32.2. The topological polar surface area (TPSA) is 52.2 Å². The Hall–Kier alpha value is -3.64. The van der Waals surface area contributed by atoms with Gasteiger partial charge in [-0.2, -0.15) is 0 Å². The van der Waals surface area contributed by atoms with E-state index in [1.807, 2.05) is 28.8 Å². The Morgan fingerprint density at radius 2 is 1.61 bits per heavy atom. The second-order valence-electron chi connectivity index (χ2n) is 10.7. The van der Waals surface area contributed by atoms with Crippen LogP contribution in [0.1, 0.15) is 54.4 Å². The molecule has 2 aromatic heterocycles. The molecular formula is C32H30N4OS. The van der Waals surface area contributed by atoms with Crippen molar-refractivity contribution in [1.82, 2.24) is 19.2 Å². The average molecular weight is 519 g/mol. The van der Waals surface area contributed by atoms with Crippen LogP contribution in [0.15, 0.2) is 88.8 Å². The summed E-state index contributed by atoms with van der Waals surface area (Å²) in [4.78, 5) is 14.7. The minimum atomic E-state index is -0.163. The molecule has 6 heteroatoms. The zero-order chi connectivity index (χ0) is 25.7. The lowest BCUT2D eigenvalue weighted by atomic mass is 9.62. The molecule has 2 aliphatic carbocycles. The lowest BCUT2D eigenvalue weighted by Crippen LogP contribution is -2.43. The average Bonchev–Trinajstić information content (AvgIpc) is 3.37. The van der Waals surface area contributed by atoms with Crippen molar-refractivity contribution < 1.29 is 0 Å². The summed E-state index contributed by atoms with van der Waals surface area (Å²) in [6.07, 6.45) is 6.54. The third-order valence-electron chi connectivity index (χ3n) is 8.40. The fraction of sp³-hybridized carbons (Fsp3) is 0.281. The highest BCUT2D eigenvalue weighted by Crippen LogP contribution is 2.49. The Labute approximate surface area is 226 Å². The number of hydrogen-bond acceptors (Lipinski definition) is 4. The predicted molar refractivity (Wildman–Crippen MR) is 153 cm³/mol. The van der Waals surface area contributed by atoms with Gasteiger partial charge in [0.25, 0.3) is 5.56 Å². The molecule has 0 amide bonds. The van der Waals surface area contributed by atoms with Crippen LogP contribution < -0.4 is 5.56 Å². The van der Waals surface area contributed by atoms with Gasteiger partial charge in [0, 0.05) is 22.3 Å². The molecule has 5 nitrogen and oxygen atoms in total. The van der Waals surface area contributed by atoms with E-state index in [0.717, 1.165) is 71.1 Å². The standard InChI is InChI=1S/C32H30N4OS/c1-22-12-6-9-17-26(22)35-29(37)27-28(25-16-8-7-15-24(25)20-32(27)18-10-3-11-19-32)36-30(35)33-34-31(36)38-21-23-13-4-2-5-14-23/h2,4-9,12-17H,3,10-11,18-21H2,1H3. The number of aryl methyl sites for hydroxylation is 1. The molecule has 0 aliphatic heterocycles. The van der Waals surface area contributed by atoms with Gasteiger partial charge < -0.3 is 0 Å². The van der Waals surface area contributed by atoms with Crippen molar-refractivity contribution in [2.24, 2.45) is 0 Å². The third kappa shape index (κ3) is 3.65. The molecule has 5 aromatic rings. The van der Waals surface area contributed by atoms with E-state index >= 15 is 0 Å². The first-order chi connectivity index (χ1) is 18.7. The van der Waals surface area contributed by atoms with E-state index in [1.54, 1.807) is 11.8 Å². The number of para-hydroxylation sites is 1. The summed E-state index contributed by atoms with van der Waals surface area (Å²) in [6, 6.07) is 27.2. The summed E-state index contributed by atoms with van der Waals surface area (Å²) in [5.74, 6) is 1.37. The zero-order valence-corrected chi connectivity index (χ0v) is 22.4. The zero-order valence-electron chi connectivity index (χ0n) is 21.6. The Balaban J connectivity index is 1.56. The van der Waals surface area contributed by atoms with Crippen LogP contribution in [0.4, 0.5) is 0 Å². The Bertz CT molecular complexity index is 1710. The van der Waals surface area contributed by atoms with Gasteiger partial charge in [-0.25, -0.2) is 4.57 Å². The lowest BCUT2D eigenvalue weighted by molar-refractivity contribution is 0.284. The molecule has 0 unspecified atom stereocenters. The summed E-state index contributed by atoms with van der Waals surface area (Å²) in [5.41, 5.74) is 7.47. The summed E-state index contributed by atoms with van der Waals surface area (Å²) >= 11 is 1.68. The van der Waals surface area contributed by atoms with Crippen molar-refractivity contribution in [2.75, 3.05) is 0 Å². The summed E-state index contributed by atoms with van der Waals surface area (Å²) in [7, 11) is 0. The normalized spacial score (nSPS) is 15.9. The monoisotopic (exact) mass is 518 g/mol. The van der Waals surface area contributed by atoms with Gasteiger partial charge >= 0.3 is 0 Å². The van der Waals surface area contributed by atoms with Crippen molar-refractivity contribution in [3.63, 3.8) is 0 Å². The van der Waals surface area contributed by atoms with Crippen LogP contribution in [0.2, 0.25) is 0 Å². The number of fused-ring (bicyclic) bond motifs is 6. The molecule has 1 fully saturated rings. The van der Waals surface area contributed by atoms with E-state index in [2.05, 4.69) is 71.0 Å². The van der Waals surface area contributed by atoms with Crippen LogP contribution in [0.3, 0.4) is 0 Å². The summed E-state index contributed by atoms with van der Waals surface area (Å²) in [5, 5.41) is 10.2. The molecule has 2 aliphatic rings. The van der Waals surface area contributed by atoms with E-state index in [1.165, 1.54) is 17.5 Å². The van der Waals surface area contributed by atoms with Crippen LogP contribution in [0, 0.1) is 6.92 Å². The van der Waals surface area contributed by atoms with Gasteiger partial charge in [-0.1, -0.05) is 104 Å². The van der Waals surface area contributed by atoms with Gasteiger partial charge in [0.05, 0.1) is 11.4 Å². The quantitative estimate of drug-likeness (QED) is 0.243. The second kappa shape index (κ2) is 9.28. The van der Waals surface area contributed by atoms with Gasteiger partial charge in [-0.05, 0) is 48.9 Å². The van der Waals surface area contributed by atoms with Crippen molar-refractivity contribution in [2.45, 2.75) is 61.8 Å². The molecule has 38 heavy (non-hydrogen) atoms. The minimum Gasteiger partial charge on any atom is -0.268 e. The van der Waals surface area contributed by atoms with Crippen molar-refractivity contribution in [3.8, 4) is 16.9 Å². The molecule has 3 aromatic carbocycles. The fourth-order valence-electron chi connectivity index (χ4n) is 6.61. The van der Waals surface area contributed by atoms with E-state index in [4.69, 9.17) is 5.10 Å². The molecule has 0 N–H and O–H groups in total. The first-order valence-corrected chi connectivity index (χ1v) is 14.5. The number of hydrogen-bond donors (Lipinski definition) is 0. The molecular weight excluding hydrogens is 488 g/mol. The SMILES string of the molecule is Cc1ccccc1-n1c(=O)c2c(n3c(SCc4ccccc4)nnc13)-c1ccccc1CC21CCCCC1. The molecule has 0 atom stereocenters. The van der Waals surface area contributed by atoms with Crippen LogP contribution in [-0.2, 0) is 17.6 Å². The van der Waals surface area contributed by atoms with Crippen molar-refractivity contribution in [3.05, 3.63) is 111 Å². The molecule has 0 bridgehead atoms. The van der Waals surface area contributed by atoms with E-state index in [9.17, 15) is 4.79 Å². The fourth-order valence-corrected chi connectivity index (χ4v) is 7.50. The number of nitrogens with zero attached hydrogens (tertiary/aromatic N) is 4. The number of benzene rings is 3. The Morgan fingerprint density at radius 1 is 0.868 bits per heavy atom. The van der Waals surface area contributed by atoms with Gasteiger partial charge in [-0.15, -0.1) is 10.2 Å². The predicted octanol–water partition coefficient (Wildman–Crippen LogP) is 6.91. The highest BCUT2D eigenvalue weighted by molar-refractivity contribution is 7.98. The van der Waals surface area contributed by atoms with Crippen LogP contribution in [0.25, 0.3) is 22.7 Å². The maximum atomic E-state index is 14.7. The van der Waals surface area contributed by atoms with Crippen LogP contribution in [-0.4, -0.2) is 19.2 Å². The highest BCUT2D eigenvalue weighted by Gasteiger charge is 2.44. The van der Waals surface area contributed by atoms with Gasteiger partial charge in [-0.3, -0.25) is 9.20 Å². The molecule has 190 valence electrons. The molecule has 1 spiro atoms. The summed E-state index contributed by atoms with van der Waals surface area (Å²) < 4.78 is 4.02. The maximum absolute atomic E-state index is 14.7. The molecule has 0 saturated heterocycles. The minimum absolute atomic E-state index is 0.0604. The van der Waals surface area contributed by atoms with E-state index < -0.39 is 0 Å². The van der Waals surface area contributed by atoms with Crippen LogP contribution >= 0.6 is 11.8 Å². The number of rotatable bonds is 4. The van der Waals surface area contributed by atoms with Gasteiger partial charge in [0.15, 0.2) is 5.16 Å². The maximum Gasteiger partial charge on any atom is 0.263 e. The number of thioether (sulfide) groups is 1. The Kier molecular flexibility index (Phi) is 5.73. The molecule has 2 heterocycles. The smallest absolute Gasteiger partial charge is 0.263 e. The van der Waals surface area contributed by atoms with Gasteiger partial charge in [0.2, 0.25) is 5.78 Å². The van der Waals surface area contributed by atoms with Crippen LogP contribution in [0.5, 0.6) is 0 Å². The molecule has 7 rings (SSSR count). The first kappa shape index (κ1) is 23.5. The summed E-state index contributed by atoms with van der Waals surface area (Å²) in [6.45, 7) is 2.06. The molecule has 1 saturated carbocycles. The first-order valence-electron chi connectivity index (χ1n) is 13.5. The van der Waals surface area contributed by atoms with Gasteiger partial charge in [0.1, 0.15) is 0 Å². The number of aromatic nitrogens is 4. The molecule has 0 radical (unpaired) electrons.